The van der Waals surface area contributed by atoms with Crippen LogP contribution in [0.15, 0.2) is 34.9 Å². The van der Waals surface area contributed by atoms with Crippen molar-refractivity contribution in [3.63, 3.8) is 0 Å². The Morgan fingerprint density at radius 1 is 1.41 bits per heavy atom. The van der Waals surface area contributed by atoms with Gasteiger partial charge in [0.05, 0.1) is 11.7 Å². The van der Waals surface area contributed by atoms with Crippen molar-refractivity contribution >= 4 is 15.9 Å². The van der Waals surface area contributed by atoms with Gasteiger partial charge in [-0.05, 0) is 36.9 Å². The van der Waals surface area contributed by atoms with Gasteiger partial charge in [-0.3, -0.25) is 4.68 Å². The van der Waals surface area contributed by atoms with Crippen molar-refractivity contribution in [2.75, 3.05) is 7.05 Å². The number of nitrogens with zero attached hydrogens (tertiary/aromatic N) is 2. The largest absolute Gasteiger partial charge is 0.308 e. The molecule has 0 amide bonds. The number of aromatic nitrogens is 2. The molecule has 0 radical (unpaired) electrons. The fourth-order valence-corrected chi connectivity index (χ4v) is 2.38. The van der Waals surface area contributed by atoms with Gasteiger partial charge in [-0.2, -0.15) is 5.10 Å². The average molecular weight is 298 g/mol. The normalized spacial score (nSPS) is 12.7. The molecule has 1 unspecified atom stereocenters. The Hall–Kier alpha value is -1.20. The van der Waals surface area contributed by atoms with Crippen LogP contribution in [-0.2, 0) is 7.05 Å². The van der Waals surface area contributed by atoms with Crippen molar-refractivity contribution in [3.05, 3.63) is 52.0 Å². The van der Waals surface area contributed by atoms with Gasteiger partial charge >= 0.3 is 0 Å². The van der Waals surface area contributed by atoms with Crippen LogP contribution < -0.4 is 5.32 Å². The molecule has 0 aliphatic heterocycles. The first-order valence-electron chi connectivity index (χ1n) is 5.23. The van der Waals surface area contributed by atoms with Crippen molar-refractivity contribution in [1.29, 1.82) is 0 Å². The van der Waals surface area contributed by atoms with Crippen LogP contribution in [0.1, 0.15) is 17.3 Å². The summed E-state index contributed by atoms with van der Waals surface area (Å²) in [6.45, 7) is 0. The Bertz CT molecular complexity index is 504. The first-order valence-corrected chi connectivity index (χ1v) is 6.02. The van der Waals surface area contributed by atoms with Crippen LogP contribution in [0, 0.1) is 5.82 Å². The fraction of sp³-hybridized carbons (Fsp3) is 0.250. The number of nitrogens with one attached hydrogen (secondary N) is 1. The first-order chi connectivity index (χ1) is 8.11. The zero-order chi connectivity index (χ0) is 12.4. The van der Waals surface area contributed by atoms with Crippen LogP contribution in [0.25, 0.3) is 0 Å². The molecule has 1 atom stereocenters. The summed E-state index contributed by atoms with van der Waals surface area (Å²) in [4.78, 5) is 0. The van der Waals surface area contributed by atoms with Crippen molar-refractivity contribution in [3.8, 4) is 0 Å². The number of benzene rings is 1. The van der Waals surface area contributed by atoms with Crippen molar-refractivity contribution in [2.45, 2.75) is 6.04 Å². The lowest BCUT2D eigenvalue weighted by Crippen LogP contribution is -2.20. The molecule has 1 aromatic carbocycles. The second-order valence-electron chi connectivity index (χ2n) is 3.80. The zero-order valence-corrected chi connectivity index (χ0v) is 11.2. The van der Waals surface area contributed by atoms with Crippen LogP contribution in [0.2, 0.25) is 0 Å². The Morgan fingerprint density at radius 3 is 2.71 bits per heavy atom. The molecule has 2 rings (SSSR count). The lowest BCUT2D eigenvalue weighted by atomic mass is 10.0. The molecule has 0 aliphatic carbocycles. The summed E-state index contributed by atoms with van der Waals surface area (Å²) >= 11 is 3.30. The minimum atomic E-state index is -0.253. The van der Waals surface area contributed by atoms with E-state index >= 15 is 0 Å². The molecule has 0 spiro atoms. The molecule has 0 aliphatic rings. The number of hydrogen-bond donors (Lipinski definition) is 1. The summed E-state index contributed by atoms with van der Waals surface area (Å²) in [5, 5.41) is 7.29. The Balaban J connectivity index is 2.45. The minimum absolute atomic E-state index is 0.0745. The summed E-state index contributed by atoms with van der Waals surface area (Å²) in [7, 11) is 3.71. The van der Waals surface area contributed by atoms with Gasteiger partial charge in [-0.1, -0.05) is 15.9 Å². The molecule has 0 saturated heterocycles. The maximum absolute atomic E-state index is 13.4. The maximum atomic E-state index is 13.4. The van der Waals surface area contributed by atoms with E-state index < -0.39 is 0 Å². The quantitative estimate of drug-likeness (QED) is 0.944. The molecule has 0 bridgehead atoms. The fourth-order valence-electron chi connectivity index (χ4n) is 1.89. The monoisotopic (exact) mass is 297 g/mol. The number of halogens is 2. The predicted octanol–water partition coefficient (Wildman–Crippen LogP) is 2.63. The summed E-state index contributed by atoms with van der Waals surface area (Å²) in [5.41, 5.74) is 1.85. The van der Waals surface area contributed by atoms with Gasteiger partial charge in [0.2, 0.25) is 0 Å². The van der Waals surface area contributed by atoms with Gasteiger partial charge < -0.3 is 5.32 Å². The van der Waals surface area contributed by atoms with Gasteiger partial charge in [0.25, 0.3) is 0 Å². The highest BCUT2D eigenvalue weighted by molar-refractivity contribution is 9.10. The highest BCUT2D eigenvalue weighted by atomic mass is 79.9. The SMILES string of the molecule is CNC(c1cc(F)cc(Br)c1)c1ccnn1C. The molecule has 3 nitrogen and oxygen atoms in total. The van der Waals surface area contributed by atoms with Crippen LogP contribution in [0.3, 0.4) is 0 Å². The van der Waals surface area contributed by atoms with Crippen molar-refractivity contribution < 1.29 is 4.39 Å². The molecule has 2 aromatic rings. The standard InChI is InChI=1S/C12H13BrFN3/c1-15-12(11-3-4-16-17(11)2)8-5-9(13)7-10(14)6-8/h3-7,12,15H,1-2H3. The predicted molar refractivity (Wildman–Crippen MR) is 68.2 cm³/mol. The summed E-state index contributed by atoms with van der Waals surface area (Å²) < 4.78 is 15.9. The molecule has 1 aromatic heterocycles. The van der Waals surface area contributed by atoms with E-state index in [0.29, 0.717) is 0 Å². The van der Waals surface area contributed by atoms with Gasteiger partial charge in [-0.25, -0.2) is 4.39 Å². The second kappa shape index (κ2) is 4.98. The minimum Gasteiger partial charge on any atom is -0.308 e. The van der Waals surface area contributed by atoms with Gasteiger partial charge in [0.15, 0.2) is 0 Å². The first kappa shape index (κ1) is 12.3. The van der Waals surface area contributed by atoms with Crippen LogP contribution in [0.4, 0.5) is 4.39 Å². The van der Waals surface area contributed by atoms with Crippen LogP contribution in [-0.4, -0.2) is 16.8 Å². The zero-order valence-electron chi connectivity index (χ0n) is 9.61. The van der Waals surface area contributed by atoms with Gasteiger partial charge in [-0.15, -0.1) is 0 Å². The van der Waals surface area contributed by atoms with E-state index in [1.807, 2.05) is 26.2 Å². The molecule has 0 saturated carbocycles. The smallest absolute Gasteiger partial charge is 0.124 e. The Labute approximate surface area is 108 Å². The molecule has 1 heterocycles. The van der Waals surface area contributed by atoms with E-state index in [0.717, 1.165) is 15.7 Å². The second-order valence-corrected chi connectivity index (χ2v) is 4.72. The third kappa shape index (κ3) is 2.56. The van der Waals surface area contributed by atoms with E-state index in [4.69, 9.17) is 0 Å². The lowest BCUT2D eigenvalue weighted by molar-refractivity contribution is 0.590. The van der Waals surface area contributed by atoms with Crippen LogP contribution >= 0.6 is 15.9 Å². The topological polar surface area (TPSA) is 29.9 Å². The lowest BCUT2D eigenvalue weighted by Gasteiger charge is -2.17. The molecule has 90 valence electrons. The van der Waals surface area contributed by atoms with Crippen molar-refractivity contribution in [1.82, 2.24) is 15.1 Å². The molecule has 17 heavy (non-hydrogen) atoms. The number of hydrogen-bond acceptors (Lipinski definition) is 2. The summed E-state index contributed by atoms with van der Waals surface area (Å²) in [6, 6.07) is 6.71. The highest BCUT2D eigenvalue weighted by Crippen LogP contribution is 2.25. The van der Waals surface area contributed by atoms with E-state index in [9.17, 15) is 4.39 Å². The average Bonchev–Trinajstić information content (AvgIpc) is 2.65. The Morgan fingerprint density at radius 2 is 2.18 bits per heavy atom. The van der Waals surface area contributed by atoms with Crippen molar-refractivity contribution in [2.24, 2.45) is 7.05 Å². The molecular weight excluding hydrogens is 285 g/mol. The molecule has 0 fully saturated rings. The van der Waals surface area contributed by atoms with E-state index in [2.05, 4.69) is 26.3 Å². The van der Waals surface area contributed by atoms with Crippen LogP contribution in [0.5, 0.6) is 0 Å². The maximum Gasteiger partial charge on any atom is 0.124 e. The number of rotatable bonds is 3. The summed E-state index contributed by atoms with van der Waals surface area (Å²) in [5.74, 6) is -0.253. The molecule has 5 heteroatoms. The van der Waals surface area contributed by atoms with E-state index in [1.54, 1.807) is 10.9 Å². The van der Waals surface area contributed by atoms with Gasteiger partial charge in [0.1, 0.15) is 5.82 Å². The summed E-state index contributed by atoms with van der Waals surface area (Å²) in [6.07, 6.45) is 1.73. The van der Waals surface area contributed by atoms with Gasteiger partial charge in [0, 0.05) is 17.7 Å². The third-order valence-corrected chi connectivity index (χ3v) is 3.12. The highest BCUT2D eigenvalue weighted by Gasteiger charge is 2.16. The molecular formula is C12H13BrFN3. The van der Waals surface area contributed by atoms with E-state index in [1.165, 1.54) is 12.1 Å². The number of aryl methyl sites for hydroxylation is 1. The molecule has 1 N–H and O–H groups in total. The Kier molecular flexibility index (Phi) is 3.59. The van der Waals surface area contributed by atoms with E-state index in [-0.39, 0.29) is 11.9 Å². The third-order valence-electron chi connectivity index (χ3n) is 2.66.